The Balaban J connectivity index is 1.06. The van der Waals surface area contributed by atoms with E-state index >= 15 is 0 Å². The van der Waals surface area contributed by atoms with Crippen molar-refractivity contribution in [2.24, 2.45) is 0 Å². The molecule has 2 aliphatic rings. The molecular formula is C32H38N4O4. The Morgan fingerprint density at radius 1 is 1.15 bits per heavy atom. The number of aliphatic hydroxyl groups is 1. The van der Waals surface area contributed by atoms with Gasteiger partial charge in [-0.3, -0.25) is 4.79 Å². The summed E-state index contributed by atoms with van der Waals surface area (Å²) in [6.07, 6.45) is 8.98. The number of oxazole rings is 1. The monoisotopic (exact) mass is 542 g/mol. The molecule has 2 aromatic carbocycles. The van der Waals surface area contributed by atoms with Crippen LogP contribution >= 0.6 is 0 Å². The first-order valence-electron chi connectivity index (χ1n) is 14.4. The van der Waals surface area contributed by atoms with Gasteiger partial charge in [0.25, 0.3) is 5.91 Å². The molecule has 2 heterocycles. The third kappa shape index (κ3) is 6.22. The minimum absolute atomic E-state index is 0.0292. The van der Waals surface area contributed by atoms with Gasteiger partial charge in [-0.25, -0.2) is 4.98 Å². The van der Waals surface area contributed by atoms with Crippen molar-refractivity contribution in [1.29, 1.82) is 5.26 Å². The summed E-state index contributed by atoms with van der Waals surface area (Å²) >= 11 is 0. The lowest BCUT2D eigenvalue weighted by molar-refractivity contribution is 0.0921. The van der Waals surface area contributed by atoms with Gasteiger partial charge in [0.1, 0.15) is 11.4 Å². The SMILES string of the molecule is COc1c(C2CCN(CCCCNC(=O)c3oc(-c4ccc(C#N)cc4)nc3CO)CC2)ccc2c1CCCC2. The van der Waals surface area contributed by atoms with Gasteiger partial charge < -0.3 is 24.5 Å². The molecule has 8 nitrogen and oxygen atoms in total. The second kappa shape index (κ2) is 13.1. The van der Waals surface area contributed by atoms with Gasteiger partial charge in [-0.05, 0) is 118 Å². The fraction of sp³-hybridized carbons (Fsp3) is 0.469. The van der Waals surface area contributed by atoms with Gasteiger partial charge in [0.15, 0.2) is 0 Å². The molecule has 210 valence electrons. The predicted octanol–water partition coefficient (Wildman–Crippen LogP) is 4.98. The molecule has 40 heavy (non-hydrogen) atoms. The number of aliphatic hydroxyl groups excluding tert-OH is 1. The van der Waals surface area contributed by atoms with Crippen molar-refractivity contribution in [2.45, 2.75) is 63.9 Å². The molecule has 1 fully saturated rings. The van der Waals surface area contributed by atoms with Crippen molar-refractivity contribution in [1.82, 2.24) is 15.2 Å². The molecule has 1 saturated heterocycles. The van der Waals surface area contributed by atoms with E-state index < -0.39 is 6.61 Å². The predicted molar refractivity (Wildman–Crippen MR) is 152 cm³/mol. The molecule has 1 aliphatic carbocycles. The second-order valence-corrected chi connectivity index (χ2v) is 10.8. The summed E-state index contributed by atoms with van der Waals surface area (Å²) in [6, 6.07) is 13.4. The summed E-state index contributed by atoms with van der Waals surface area (Å²) in [5.74, 6) is 1.59. The zero-order valence-corrected chi connectivity index (χ0v) is 23.2. The third-order valence-corrected chi connectivity index (χ3v) is 8.24. The number of carbonyl (C=O) groups is 1. The number of fused-ring (bicyclic) bond motifs is 1. The van der Waals surface area contributed by atoms with Crippen LogP contribution in [0.4, 0.5) is 0 Å². The van der Waals surface area contributed by atoms with E-state index in [-0.39, 0.29) is 23.3 Å². The van der Waals surface area contributed by atoms with E-state index in [1.54, 1.807) is 24.3 Å². The number of piperidine rings is 1. The number of unbranched alkanes of at least 4 members (excludes halogenated alkanes) is 1. The van der Waals surface area contributed by atoms with Gasteiger partial charge in [-0.15, -0.1) is 0 Å². The maximum Gasteiger partial charge on any atom is 0.289 e. The summed E-state index contributed by atoms with van der Waals surface area (Å²) in [6.45, 7) is 3.30. The number of methoxy groups -OCH3 is 1. The molecule has 5 rings (SSSR count). The number of aromatic nitrogens is 1. The van der Waals surface area contributed by atoms with Crippen LogP contribution in [-0.4, -0.2) is 54.2 Å². The standard InChI is InChI=1S/C32H38N4O4/c1-39-29-26-7-3-2-6-23(26)12-13-27(29)24-14-18-36(19-15-24)17-5-4-16-34-31(38)30-28(21-37)35-32(40-30)25-10-8-22(20-33)9-11-25/h8-13,24,37H,2-7,14-19,21H2,1H3,(H,34,38). The lowest BCUT2D eigenvalue weighted by atomic mass is 9.83. The molecule has 0 atom stereocenters. The van der Waals surface area contributed by atoms with Gasteiger partial charge in [-0.2, -0.15) is 5.26 Å². The Bertz CT molecular complexity index is 1350. The zero-order valence-electron chi connectivity index (χ0n) is 23.2. The molecule has 0 spiro atoms. The smallest absolute Gasteiger partial charge is 0.289 e. The third-order valence-electron chi connectivity index (χ3n) is 8.24. The van der Waals surface area contributed by atoms with Gasteiger partial charge in [0.05, 0.1) is 25.3 Å². The molecule has 3 aromatic rings. The molecule has 2 N–H and O–H groups in total. The maximum atomic E-state index is 12.7. The number of nitriles is 1. The van der Waals surface area contributed by atoms with Crippen molar-refractivity contribution in [3.05, 3.63) is 70.1 Å². The molecule has 8 heteroatoms. The van der Waals surface area contributed by atoms with Gasteiger partial charge >= 0.3 is 0 Å². The van der Waals surface area contributed by atoms with Gasteiger partial charge in [-0.1, -0.05) is 12.1 Å². The zero-order chi connectivity index (χ0) is 27.9. The molecule has 1 aliphatic heterocycles. The van der Waals surface area contributed by atoms with E-state index in [0.29, 0.717) is 23.6 Å². The Hall–Kier alpha value is -3.67. The average Bonchev–Trinajstić information content (AvgIpc) is 3.45. The number of hydrogen-bond acceptors (Lipinski definition) is 7. The van der Waals surface area contributed by atoms with E-state index in [1.807, 2.05) is 7.11 Å². The fourth-order valence-corrected chi connectivity index (χ4v) is 6.03. The number of nitrogens with one attached hydrogen (secondary N) is 1. The van der Waals surface area contributed by atoms with Crippen LogP contribution in [0.2, 0.25) is 0 Å². The molecule has 0 unspecified atom stereocenters. The van der Waals surface area contributed by atoms with Crippen molar-refractivity contribution in [2.75, 3.05) is 33.3 Å². The number of rotatable bonds is 10. The highest BCUT2D eigenvalue weighted by Crippen LogP contribution is 2.40. The van der Waals surface area contributed by atoms with Crippen LogP contribution in [0.3, 0.4) is 0 Å². The van der Waals surface area contributed by atoms with Crippen LogP contribution in [0.25, 0.3) is 11.5 Å². The van der Waals surface area contributed by atoms with Crippen molar-refractivity contribution in [3.63, 3.8) is 0 Å². The van der Waals surface area contributed by atoms with E-state index in [0.717, 1.165) is 57.5 Å². The maximum absolute atomic E-state index is 12.7. The normalized spacial score (nSPS) is 15.8. The summed E-state index contributed by atoms with van der Waals surface area (Å²) in [4.78, 5) is 19.5. The lowest BCUT2D eigenvalue weighted by Gasteiger charge is -2.33. The first kappa shape index (κ1) is 27.9. The molecule has 1 amide bonds. The van der Waals surface area contributed by atoms with E-state index in [2.05, 4.69) is 33.4 Å². The minimum Gasteiger partial charge on any atom is -0.496 e. The van der Waals surface area contributed by atoms with E-state index in [1.165, 1.54) is 36.0 Å². The molecule has 0 radical (unpaired) electrons. The van der Waals surface area contributed by atoms with Crippen LogP contribution in [0, 0.1) is 11.3 Å². The molecule has 0 bridgehead atoms. The largest absolute Gasteiger partial charge is 0.496 e. The quantitative estimate of drug-likeness (QED) is 0.348. The number of aryl methyl sites for hydroxylation is 1. The van der Waals surface area contributed by atoms with Crippen LogP contribution in [0.5, 0.6) is 5.75 Å². The summed E-state index contributed by atoms with van der Waals surface area (Å²) in [5.41, 5.74) is 5.67. The number of carbonyl (C=O) groups excluding carboxylic acids is 1. The Kier molecular flexibility index (Phi) is 9.15. The topological polar surface area (TPSA) is 112 Å². The second-order valence-electron chi connectivity index (χ2n) is 10.8. The van der Waals surface area contributed by atoms with Crippen molar-refractivity contribution >= 4 is 5.91 Å². The number of hydrogen-bond donors (Lipinski definition) is 2. The van der Waals surface area contributed by atoms with Crippen LogP contribution in [0.1, 0.15) is 82.9 Å². The first-order chi connectivity index (χ1) is 19.6. The van der Waals surface area contributed by atoms with Gasteiger partial charge in [0, 0.05) is 12.1 Å². The molecule has 0 saturated carbocycles. The lowest BCUT2D eigenvalue weighted by Crippen LogP contribution is -2.34. The molecular weight excluding hydrogens is 504 g/mol. The van der Waals surface area contributed by atoms with E-state index in [4.69, 9.17) is 14.4 Å². The summed E-state index contributed by atoms with van der Waals surface area (Å²) < 4.78 is 11.6. The van der Waals surface area contributed by atoms with Crippen LogP contribution in [-0.2, 0) is 19.4 Å². The average molecular weight is 543 g/mol. The van der Waals surface area contributed by atoms with Crippen molar-refractivity contribution < 1.29 is 19.1 Å². The Morgan fingerprint density at radius 2 is 1.93 bits per heavy atom. The highest BCUT2D eigenvalue weighted by Gasteiger charge is 2.26. The highest BCUT2D eigenvalue weighted by atomic mass is 16.5. The fourth-order valence-electron chi connectivity index (χ4n) is 6.03. The number of likely N-dealkylation sites (tertiary alicyclic amines) is 1. The number of amides is 1. The Morgan fingerprint density at radius 3 is 2.65 bits per heavy atom. The summed E-state index contributed by atoms with van der Waals surface area (Å²) in [5, 5.41) is 21.6. The Labute approximate surface area is 236 Å². The number of nitrogens with zero attached hydrogens (tertiary/aromatic N) is 3. The van der Waals surface area contributed by atoms with Crippen LogP contribution < -0.4 is 10.1 Å². The minimum atomic E-state index is -0.393. The molecule has 1 aromatic heterocycles. The van der Waals surface area contributed by atoms with Gasteiger partial charge in [0.2, 0.25) is 11.7 Å². The highest BCUT2D eigenvalue weighted by molar-refractivity contribution is 5.92. The van der Waals surface area contributed by atoms with Crippen LogP contribution in [0.15, 0.2) is 40.8 Å². The number of benzene rings is 2. The van der Waals surface area contributed by atoms with Crippen molar-refractivity contribution in [3.8, 4) is 23.3 Å². The summed E-state index contributed by atoms with van der Waals surface area (Å²) in [7, 11) is 1.82. The first-order valence-corrected chi connectivity index (χ1v) is 14.4. The number of ether oxygens (including phenoxy) is 1. The van der Waals surface area contributed by atoms with E-state index in [9.17, 15) is 9.90 Å².